The first-order valence-electron chi connectivity index (χ1n) is 5.55. The van der Waals surface area contributed by atoms with Gasteiger partial charge < -0.3 is 10.6 Å². The molecule has 0 aromatic carbocycles. The molecule has 98 valence electrons. The van der Waals surface area contributed by atoms with E-state index >= 15 is 0 Å². The summed E-state index contributed by atoms with van der Waals surface area (Å²) in [5, 5.41) is 17.4. The van der Waals surface area contributed by atoms with Crippen LogP contribution < -0.4 is 10.6 Å². The average Bonchev–Trinajstić information content (AvgIpc) is 2.34. The van der Waals surface area contributed by atoms with Gasteiger partial charge in [-0.25, -0.2) is 4.98 Å². The number of halogens is 2. The van der Waals surface area contributed by atoms with Crippen LogP contribution in [0.15, 0.2) is 6.07 Å². The molecule has 0 atom stereocenters. The molecule has 0 aliphatic carbocycles. The molecule has 8 heteroatoms. The Balaban J connectivity index is 2.24. The molecule has 0 amide bonds. The first-order chi connectivity index (χ1) is 8.58. The second-order valence-corrected chi connectivity index (χ2v) is 4.82. The molecule has 1 aromatic rings. The minimum atomic E-state index is -0.515. The first-order valence-corrected chi connectivity index (χ1v) is 6.31. The standard InChI is InChI=1S/C10H12Cl2N4O2/c11-7-5-8(16(17)18)10(15-9(7)12)14-6-1-3-13-4-2-6/h5-6,13H,1-4H2,(H,14,15). The Kier molecular flexibility index (Phi) is 4.21. The van der Waals surface area contributed by atoms with E-state index in [1.54, 1.807) is 0 Å². The van der Waals surface area contributed by atoms with Crippen LogP contribution in [0.4, 0.5) is 11.5 Å². The molecule has 1 saturated heterocycles. The molecular weight excluding hydrogens is 279 g/mol. The molecule has 2 rings (SSSR count). The van der Waals surface area contributed by atoms with Gasteiger partial charge in [-0.3, -0.25) is 10.1 Å². The molecular formula is C10H12Cl2N4O2. The van der Waals surface area contributed by atoms with Crippen LogP contribution in [0.25, 0.3) is 0 Å². The van der Waals surface area contributed by atoms with Crippen LogP contribution in [-0.4, -0.2) is 29.0 Å². The Hall–Kier alpha value is -1.11. The van der Waals surface area contributed by atoms with Crippen LogP contribution in [0.1, 0.15) is 12.8 Å². The van der Waals surface area contributed by atoms with Crippen molar-refractivity contribution in [1.29, 1.82) is 0 Å². The zero-order valence-corrected chi connectivity index (χ0v) is 11.0. The van der Waals surface area contributed by atoms with Crippen LogP contribution in [0.5, 0.6) is 0 Å². The van der Waals surface area contributed by atoms with Crippen molar-refractivity contribution in [3.05, 3.63) is 26.4 Å². The molecule has 1 aliphatic heterocycles. The van der Waals surface area contributed by atoms with E-state index in [9.17, 15) is 10.1 Å². The number of nitrogens with zero attached hydrogens (tertiary/aromatic N) is 2. The van der Waals surface area contributed by atoms with Gasteiger partial charge in [0.15, 0.2) is 5.15 Å². The van der Waals surface area contributed by atoms with Crippen molar-refractivity contribution in [1.82, 2.24) is 10.3 Å². The minimum absolute atomic E-state index is 0.0682. The van der Waals surface area contributed by atoms with E-state index in [1.807, 2.05) is 0 Å². The monoisotopic (exact) mass is 290 g/mol. The predicted molar refractivity (Wildman–Crippen MR) is 70.4 cm³/mol. The summed E-state index contributed by atoms with van der Waals surface area (Å²) >= 11 is 11.5. The third kappa shape index (κ3) is 3.01. The molecule has 2 heterocycles. The fourth-order valence-corrected chi connectivity index (χ4v) is 2.15. The average molecular weight is 291 g/mol. The maximum absolute atomic E-state index is 10.9. The number of nitro groups is 1. The Morgan fingerprint density at radius 2 is 2.11 bits per heavy atom. The SMILES string of the molecule is O=[N+]([O-])c1cc(Cl)c(Cl)nc1NC1CCNCC1. The highest BCUT2D eigenvalue weighted by Gasteiger charge is 2.22. The van der Waals surface area contributed by atoms with E-state index in [-0.39, 0.29) is 27.7 Å². The number of nitrogens with one attached hydrogen (secondary N) is 2. The van der Waals surface area contributed by atoms with E-state index in [0.717, 1.165) is 25.9 Å². The van der Waals surface area contributed by atoms with E-state index in [1.165, 1.54) is 6.07 Å². The number of piperidine rings is 1. The number of pyridine rings is 1. The van der Waals surface area contributed by atoms with Gasteiger partial charge in [0.2, 0.25) is 5.82 Å². The highest BCUT2D eigenvalue weighted by Crippen LogP contribution is 2.31. The number of anilines is 1. The second kappa shape index (κ2) is 5.69. The molecule has 1 aromatic heterocycles. The molecule has 0 unspecified atom stereocenters. The fraction of sp³-hybridized carbons (Fsp3) is 0.500. The molecule has 0 saturated carbocycles. The van der Waals surface area contributed by atoms with Crippen molar-refractivity contribution in [2.45, 2.75) is 18.9 Å². The van der Waals surface area contributed by atoms with E-state index < -0.39 is 4.92 Å². The Bertz CT molecular complexity index is 463. The summed E-state index contributed by atoms with van der Waals surface area (Å²) in [6.45, 7) is 1.76. The van der Waals surface area contributed by atoms with Gasteiger partial charge in [-0.2, -0.15) is 0 Å². The van der Waals surface area contributed by atoms with Gasteiger partial charge in [0.1, 0.15) is 0 Å². The molecule has 18 heavy (non-hydrogen) atoms. The van der Waals surface area contributed by atoms with E-state index in [4.69, 9.17) is 23.2 Å². The lowest BCUT2D eigenvalue weighted by Crippen LogP contribution is -2.35. The van der Waals surface area contributed by atoms with Gasteiger partial charge in [-0.1, -0.05) is 23.2 Å². The Morgan fingerprint density at radius 3 is 2.72 bits per heavy atom. The third-order valence-corrected chi connectivity index (χ3v) is 3.46. The molecule has 2 N–H and O–H groups in total. The van der Waals surface area contributed by atoms with Crippen LogP contribution in [0, 0.1) is 10.1 Å². The lowest BCUT2D eigenvalue weighted by molar-refractivity contribution is -0.384. The van der Waals surface area contributed by atoms with Crippen molar-refractivity contribution in [3.8, 4) is 0 Å². The number of hydrogen-bond donors (Lipinski definition) is 2. The zero-order valence-electron chi connectivity index (χ0n) is 9.45. The van der Waals surface area contributed by atoms with Gasteiger partial charge in [-0.05, 0) is 25.9 Å². The molecule has 6 nitrogen and oxygen atoms in total. The van der Waals surface area contributed by atoms with Gasteiger partial charge in [0.05, 0.1) is 9.95 Å². The van der Waals surface area contributed by atoms with Crippen LogP contribution in [0.2, 0.25) is 10.2 Å². The Morgan fingerprint density at radius 1 is 1.44 bits per heavy atom. The van der Waals surface area contributed by atoms with Gasteiger partial charge in [-0.15, -0.1) is 0 Å². The Labute approximate surface area is 114 Å². The quantitative estimate of drug-likeness (QED) is 0.508. The first kappa shape index (κ1) is 13.3. The smallest absolute Gasteiger partial charge is 0.312 e. The number of hydrogen-bond acceptors (Lipinski definition) is 5. The summed E-state index contributed by atoms with van der Waals surface area (Å²) in [6.07, 6.45) is 1.78. The van der Waals surface area contributed by atoms with Crippen LogP contribution >= 0.6 is 23.2 Å². The maximum atomic E-state index is 10.9. The largest absolute Gasteiger partial charge is 0.361 e. The summed E-state index contributed by atoms with van der Waals surface area (Å²) < 4.78 is 0. The highest BCUT2D eigenvalue weighted by molar-refractivity contribution is 6.41. The van der Waals surface area contributed by atoms with Gasteiger partial charge >= 0.3 is 5.69 Å². The van der Waals surface area contributed by atoms with Gasteiger partial charge in [0, 0.05) is 12.1 Å². The summed E-state index contributed by atoms with van der Waals surface area (Å²) in [7, 11) is 0. The minimum Gasteiger partial charge on any atom is -0.361 e. The maximum Gasteiger partial charge on any atom is 0.312 e. The molecule has 0 bridgehead atoms. The molecule has 1 aliphatic rings. The third-order valence-electron chi connectivity index (χ3n) is 2.79. The van der Waals surface area contributed by atoms with Crippen LogP contribution in [0.3, 0.4) is 0 Å². The van der Waals surface area contributed by atoms with Gasteiger partial charge in [0.25, 0.3) is 0 Å². The van der Waals surface area contributed by atoms with Crippen LogP contribution in [-0.2, 0) is 0 Å². The summed E-state index contributed by atoms with van der Waals surface area (Å²) in [5.74, 6) is 0.182. The molecule has 0 spiro atoms. The molecule has 0 radical (unpaired) electrons. The fourth-order valence-electron chi connectivity index (χ4n) is 1.86. The number of aromatic nitrogens is 1. The zero-order chi connectivity index (χ0) is 13.1. The van der Waals surface area contributed by atoms with Crippen molar-refractivity contribution in [3.63, 3.8) is 0 Å². The van der Waals surface area contributed by atoms with Crippen molar-refractivity contribution < 1.29 is 4.92 Å². The number of rotatable bonds is 3. The lowest BCUT2D eigenvalue weighted by atomic mass is 10.1. The van der Waals surface area contributed by atoms with Crippen molar-refractivity contribution >= 4 is 34.7 Å². The van der Waals surface area contributed by atoms with Crippen molar-refractivity contribution in [2.75, 3.05) is 18.4 Å². The highest BCUT2D eigenvalue weighted by atomic mass is 35.5. The normalized spacial score (nSPS) is 16.6. The summed E-state index contributed by atoms with van der Waals surface area (Å²) in [6, 6.07) is 1.38. The predicted octanol–water partition coefficient (Wildman–Crippen LogP) is 2.46. The summed E-state index contributed by atoms with van der Waals surface area (Å²) in [5.41, 5.74) is -0.150. The molecule has 1 fully saturated rings. The second-order valence-electron chi connectivity index (χ2n) is 4.05. The lowest BCUT2D eigenvalue weighted by Gasteiger charge is -2.24. The van der Waals surface area contributed by atoms with Crippen molar-refractivity contribution in [2.24, 2.45) is 0 Å². The van der Waals surface area contributed by atoms with E-state index in [2.05, 4.69) is 15.6 Å². The topological polar surface area (TPSA) is 80.1 Å². The summed E-state index contributed by atoms with van der Waals surface area (Å²) in [4.78, 5) is 14.4. The van der Waals surface area contributed by atoms with E-state index in [0.29, 0.717) is 0 Å².